The molecular weight excluding hydrogens is 282 g/mol. The van der Waals surface area contributed by atoms with Crippen LogP contribution in [-0.2, 0) is 11.3 Å². The monoisotopic (exact) mass is 307 g/mol. The highest BCUT2D eigenvalue weighted by atomic mass is 16.5. The first-order chi connectivity index (χ1) is 11.2. The van der Waals surface area contributed by atoms with E-state index < -0.39 is 0 Å². The number of ether oxygens (including phenoxy) is 1. The SMILES string of the molecule is Cc1cccc(C)c1/C=C/c1cccc(CN2CCOCC2)c1. The van der Waals surface area contributed by atoms with Crippen molar-refractivity contribution in [1.82, 2.24) is 4.90 Å². The fourth-order valence-electron chi connectivity index (χ4n) is 3.08. The molecule has 1 fully saturated rings. The largest absolute Gasteiger partial charge is 0.379 e. The molecule has 120 valence electrons. The minimum atomic E-state index is 0.853. The van der Waals surface area contributed by atoms with Gasteiger partial charge in [0.1, 0.15) is 0 Å². The second kappa shape index (κ2) is 7.58. The molecule has 0 amide bonds. The molecule has 0 unspecified atom stereocenters. The van der Waals surface area contributed by atoms with Crippen molar-refractivity contribution >= 4 is 12.2 Å². The molecule has 2 nitrogen and oxygen atoms in total. The van der Waals surface area contributed by atoms with Gasteiger partial charge in [0, 0.05) is 19.6 Å². The van der Waals surface area contributed by atoms with E-state index in [9.17, 15) is 0 Å². The summed E-state index contributed by atoms with van der Waals surface area (Å²) in [6.07, 6.45) is 4.46. The molecule has 0 N–H and O–H groups in total. The lowest BCUT2D eigenvalue weighted by Gasteiger charge is -2.26. The van der Waals surface area contributed by atoms with Crippen LogP contribution in [0.2, 0.25) is 0 Å². The summed E-state index contributed by atoms with van der Waals surface area (Å²) in [5.41, 5.74) is 6.61. The van der Waals surface area contributed by atoms with Crippen LogP contribution in [0.5, 0.6) is 0 Å². The highest BCUT2D eigenvalue weighted by Gasteiger charge is 2.10. The molecule has 0 aromatic heterocycles. The average Bonchev–Trinajstić information content (AvgIpc) is 2.56. The van der Waals surface area contributed by atoms with Crippen LogP contribution in [-0.4, -0.2) is 31.2 Å². The minimum absolute atomic E-state index is 0.853. The summed E-state index contributed by atoms with van der Waals surface area (Å²) in [4.78, 5) is 2.46. The van der Waals surface area contributed by atoms with Gasteiger partial charge in [-0.3, -0.25) is 4.90 Å². The lowest BCUT2D eigenvalue weighted by Crippen LogP contribution is -2.35. The zero-order valence-corrected chi connectivity index (χ0v) is 14.1. The first-order valence-electron chi connectivity index (χ1n) is 8.36. The Labute approximate surface area is 139 Å². The van der Waals surface area contributed by atoms with E-state index in [1.54, 1.807) is 0 Å². The molecule has 0 saturated carbocycles. The molecular formula is C21H25NO. The molecule has 1 heterocycles. The van der Waals surface area contributed by atoms with E-state index in [2.05, 4.69) is 73.4 Å². The molecule has 23 heavy (non-hydrogen) atoms. The Morgan fingerprint density at radius 3 is 2.39 bits per heavy atom. The van der Waals surface area contributed by atoms with Crippen LogP contribution in [0.25, 0.3) is 12.2 Å². The minimum Gasteiger partial charge on any atom is -0.379 e. The van der Waals surface area contributed by atoms with Crippen LogP contribution in [0.3, 0.4) is 0 Å². The Morgan fingerprint density at radius 1 is 0.957 bits per heavy atom. The van der Waals surface area contributed by atoms with Gasteiger partial charge in [-0.05, 0) is 41.7 Å². The van der Waals surface area contributed by atoms with Crippen LogP contribution < -0.4 is 0 Å². The molecule has 1 saturated heterocycles. The fraction of sp³-hybridized carbons (Fsp3) is 0.333. The topological polar surface area (TPSA) is 12.5 Å². The lowest BCUT2D eigenvalue weighted by molar-refractivity contribution is 0.0342. The lowest BCUT2D eigenvalue weighted by atomic mass is 10.0. The highest BCUT2D eigenvalue weighted by Crippen LogP contribution is 2.18. The summed E-state index contributed by atoms with van der Waals surface area (Å²) in [6.45, 7) is 9.11. The molecule has 2 aromatic carbocycles. The zero-order chi connectivity index (χ0) is 16.1. The van der Waals surface area contributed by atoms with E-state index in [4.69, 9.17) is 4.74 Å². The second-order valence-corrected chi connectivity index (χ2v) is 6.27. The van der Waals surface area contributed by atoms with Crippen LogP contribution in [0.15, 0.2) is 42.5 Å². The molecule has 1 aliphatic rings. The number of aryl methyl sites for hydroxylation is 2. The predicted octanol–water partition coefficient (Wildman–Crippen LogP) is 4.31. The summed E-state index contributed by atoms with van der Waals surface area (Å²) in [5, 5.41) is 0. The van der Waals surface area contributed by atoms with Crippen molar-refractivity contribution in [2.24, 2.45) is 0 Å². The van der Waals surface area contributed by atoms with Crippen molar-refractivity contribution < 1.29 is 4.74 Å². The van der Waals surface area contributed by atoms with Crippen molar-refractivity contribution in [3.05, 3.63) is 70.3 Å². The van der Waals surface area contributed by atoms with E-state index in [0.29, 0.717) is 0 Å². The van der Waals surface area contributed by atoms with Gasteiger partial charge in [-0.15, -0.1) is 0 Å². The van der Waals surface area contributed by atoms with Gasteiger partial charge in [-0.1, -0.05) is 54.6 Å². The number of nitrogens with zero attached hydrogens (tertiary/aromatic N) is 1. The third-order valence-electron chi connectivity index (χ3n) is 4.45. The predicted molar refractivity (Wildman–Crippen MR) is 97.4 cm³/mol. The summed E-state index contributed by atoms with van der Waals surface area (Å²) >= 11 is 0. The van der Waals surface area contributed by atoms with Crippen LogP contribution in [0.1, 0.15) is 27.8 Å². The van der Waals surface area contributed by atoms with E-state index in [-0.39, 0.29) is 0 Å². The van der Waals surface area contributed by atoms with Gasteiger partial charge in [0.2, 0.25) is 0 Å². The van der Waals surface area contributed by atoms with Crippen molar-refractivity contribution in [1.29, 1.82) is 0 Å². The van der Waals surface area contributed by atoms with Gasteiger partial charge in [-0.2, -0.15) is 0 Å². The zero-order valence-electron chi connectivity index (χ0n) is 14.1. The molecule has 0 radical (unpaired) electrons. The third-order valence-corrected chi connectivity index (χ3v) is 4.45. The molecule has 2 heteroatoms. The number of hydrogen-bond donors (Lipinski definition) is 0. The van der Waals surface area contributed by atoms with Gasteiger partial charge >= 0.3 is 0 Å². The molecule has 3 rings (SSSR count). The number of hydrogen-bond acceptors (Lipinski definition) is 2. The quantitative estimate of drug-likeness (QED) is 0.781. The van der Waals surface area contributed by atoms with Gasteiger partial charge in [-0.25, -0.2) is 0 Å². The fourth-order valence-corrected chi connectivity index (χ4v) is 3.08. The van der Waals surface area contributed by atoms with Crippen molar-refractivity contribution in [2.75, 3.05) is 26.3 Å². The molecule has 0 spiro atoms. The van der Waals surface area contributed by atoms with Gasteiger partial charge in [0.15, 0.2) is 0 Å². The van der Waals surface area contributed by atoms with Gasteiger partial charge in [0.05, 0.1) is 13.2 Å². The maximum Gasteiger partial charge on any atom is 0.0594 e. The Hall–Kier alpha value is -1.90. The first-order valence-corrected chi connectivity index (χ1v) is 8.36. The summed E-state index contributed by atoms with van der Waals surface area (Å²) in [5.74, 6) is 0. The Balaban J connectivity index is 1.73. The Kier molecular flexibility index (Phi) is 5.27. The molecule has 0 bridgehead atoms. The number of rotatable bonds is 4. The standard InChI is InChI=1S/C21H25NO/c1-17-5-3-6-18(2)21(17)10-9-19-7-4-8-20(15-19)16-22-11-13-23-14-12-22/h3-10,15H,11-14,16H2,1-2H3/b10-9+. The maximum absolute atomic E-state index is 5.42. The van der Waals surface area contributed by atoms with Crippen LogP contribution in [0.4, 0.5) is 0 Å². The van der Waals surface area contributed by atoms with Crippen molar-refractivity contribution in [3.8, 4) is 0 Å². The molecule has 2 aromatic rings. The van der Waals surface area contributed by atoms with Crippen LogP contribution >= 0.6 is 0 Å². The molecule has 1 aliphatic heterocycles. The summed E-state index contributed by atoms with van der Waals surface area (Å²) < 4.78 is 5.42. The number of benzene rings is 2. The van der Waals surface area contributed by atoms with Crippen LogP contribution in [0, 0.1) is 13.8 Å². The van der Waals surface area contributed by atoms with E-state index in [1.807, 2.05) is 0 Å². The highest BCUT2D eigenvalue weighted by molar-refractivity contribution is 5.72. The number of morpholine rings is 1. The van der Waals surface area contributed by atoms with Gasteiger partial charge in [0.25, 0.3) is 0 Å². The maximum atomic E-state index is 5.42. The normalized spacial score (nSPS) is 16.1. The van der Waals surface area contributed by atoms with Crippen molar-refractivity contribution in [2.45, 2.75) is 20.4 Å². The molecule has 0 aliphatic carbocycles. The first kappa shape index (κ1) is 16.0. The second-order valence-electron chi connectivity index (χ2n) is 6.27. The van der Waals surface area contributed by atoms with E-state index >= 15 is 0 Å². The smallest absolute Gasteiger partial charge is 0.0594 e. The third kappa shape index (κ3) is 4.31. The van der Waals surface area contributed by atoms with Crippen molar-refractivity contribution in [3.63, 3.8) is 0 Å². The van der Waals surface area contributed by atoms with Gasteiger partial charge < -0.3 is 4.74 Å². The Morgan fingerprint density at radius 2 is 1.65 bits per heavy atom. The molecule has 0 atom stereocenters. The summed E-state index contributed by atoms with van der Waals surface area (Å²) in [7, 11) is 0. The van der Waals surface area contributed by atoms with E-state index in [0.717, 1.165) is 32.8 Å². The Bertz CT molecular complexity index is 664. The average molecular weight is 307 g/mol. The van der Waals surface area contributed by atoms with E-state index in [1.165, 1.54) is 27.8 Å². The summed E-state index contributed by atoms with van der Waals surface area (Å²) in [6, 6.07) is 15.3.